The number of carbonyl (C=O) groups is 1. The molecule has 0 aliphatic carbocycles. The Morgan fingerprint density at radius 3 is 2.62 bits per heavy atom. The zero-order valence-corrected chi connectivity index (χ0v) is 13.6. The van der Waals surface area contributed by atoms with Crippen molar-refractivity contribution in [3.63, 3.8) is 0 Å². The van der Waals surface area contributed by atoms with Crippen LogP contribution in [0.15, 0.2) is 24.3 Å². The highest BCUT2D eigenvalue weighted by atomic mass is 16.2. The summed E-state index contributed by atoms with van der Waals surface area (Å²) in [7, 11) is 0. The van der Waals surface area contributed by atoms with Crippen molar-refractivity contribution in [1.82, 2.24) is 15.5 Å². The molecule has 0 spiro atoms. The van der Waals surface area contributed by atoms with E-state index in [2.05, 4.69) is 40.7 Å². The van der Waals surface area contributed by atoms with Gasteiger partial charge in [-0.05, 0) is 33.3 Å². The molecule has 1 amide bonds. The van der Waals surface area contributed by atoms with Crippen LogP contribution >= 0.6 is 0 Å². The molecule has 0 bridgehead atoms. The highest BCUT2D eigenvalue weighted by Gasteiger charge is 2.35. The van der Waals surface area contributed by atoms with Crippen LogP contribution in [0, 0.1) is 6.92 Å². The van der Waals surface area contributed by atoms with E-state index in [-0.39, 0.29) is 11.9 Å². The summed E-state index contributed by atoms with van der Waals surface area (Å²) >= 11 is 0. The molecule has 2 N–H and O–H groups in total. The highest BCUT2D eigenvalue weighted by Crippen LogP contribution is 2.19. The van der Waals surface area contributed by atoms with Gasteiger partial charge in [0.1, 0.15) is 0 Å². The summed E-state index contributed by atoms with van der Waals surface area (Å²) in [6.07, 6.45) is 0. The maximum Gasteiger partial charge on any atom is 0.240 e. The number of hydrogen-bond acceptors (Lipinski definition) is 3. The normalized spacial score (nSPS) is 18.3. The summed E-state index contributed by atoms with van der Waals surface area (Å²) in [6.45, 7) is 11.9. The zero-order valence-electron chi connectivity index (χ0n) is 13.6. The first kappa shape index (κ1) is 16.0. The number of piperazine rings is 1. The Bertz CT molecular complexity index is 493. The van der Waals surface area contributed by atoms with Crippen molar-refractivity contribution in [2.45, 2.75) is 39.3 Å². The molecular weight excluding hydrogens is 262 g/mol. The molecule has 2 rings (SSSR count). The second-order valence-electron chi connectivity index (χ2n) is 6.41. The maximum atomic E-state index is 12.7. The van der Waals surface area contributed by atoms with Gasteiger partial charge in [0.15, 0.2) is 0 Å². The van der Waals surface area contributed by atoms with Gasteiger partial charge >= 0.3 is 0 Å². The van der Waals surface area contributed by atoms with Crippen molar-refractivity contribution in [2.75, 3.05) is 26.2 Å². The molecule has 4 nitrogen and oxygen atoms in total. The minimum Gasteiger partial charge on any atom is -0.348 e. The number of aryl methyl sites for hydroxylation is 1. The Hall–Kier alpha value is -1.39. The maximum absolute atomic E-state index is 12.7. The van der Waals surface area contributed by atoms with Gasteiger partial charge in [-0.15, -0.1) is 0 Å². The minimum absolute atomic E-state index is 0.0274. The first-order chi connectivity index (χ1) is 9.91. The molecule has 1 atom stereocenters. The first-order valence-electron chi connectivity index (χ1n) is 7.74. The summed E-state index contributed by atoms with van der Waals surface area (Å²) in [5, 5.41) is 6.49. The van der Waals surface area contributed by atoms with Crippen molar-refractivity contribution < 1.29 is 4.79 Å². The second-order valence-corrected chi connectivity index (χ2v) is 6.41. The van der Waals surface area contributed by atoms with E-state index in [9.17, 15) is 4.79 Å². The molecule has 1 saturated heterocycles. The molecule has 1 aliphatic heterocycles. The highest BCUT2D eigenvalue weighted by molar-refractivity contribution is 5.85. The van der Waals surface area contributed by atoms with Crippen LogP contribution in [0.1, 0.15) is 37.9 Å². The van der Waals surface area contributed by atoms with Crippen molar-refractivity contribution in [3.8, 4) is 0 Å². The molecule has 0 aromatic heterocycles. The summed E-state index contributed by atoms with van der Waals surface area (Å²) in [5.74, 6) is 0.0957. The van der Waals surface area contributed by atoms with Gasteiger partial charge in [0.25, 0.3) is 0 Å². The van der Waals surface area contributed by atoms with E-state index in [0.29, 0.717) is 0 Å². The Kier molecular flexibility index (Phi) is 5.01. The van der Waals surface area contributed by atoms with Gasteiger partial charge in [0, 0.05) is 26.2 Å². The van der Waals surface area contributed by atoms with Gasteiger partial charge in [-0.1, -0.05) is 29.8 Å². The Morgan fingerprint density at radius 2 is 2.00 bits per heavy atom. The fourth-order valence-corrected chi connectivity index (χ4v) is 2.76. The summed E-state index contributed by atoms with van der Waals surface area (Å²) in [6, 6.07) is 8.33. The number of nitrogens with one attached hydrogen (secondary N) is 2. The molecule has 0 radical (unpaired) electrons. The predicted octanol–water partition coefficient (Wildman–Crippen LogP) is 1.86. The van der Waals surface area contributed by atoms with Gasteiger partial charge < -0.3 is 10.6 Å². The van der Waals surface area contributed by atoms with Crippen LogP contribution in [0.25, 0.3) is 0 Å². The molecule has 1 heterocycles. The SMILES string of the molecule is Cc1cccc([C@@H](C)NC(=O)C(C)(C)N2CCNCC2)c1. The Balaban J connectivity index is 2.02. The molecule has 1 aromatic rings. The van der Waals surface area contributed by atoms with Gasteiger partial charge in [0.05, 0.1) is 11.6 Å². The van der Waals surface area contributed by atoms with E-state index in [0.717, 1.165) is 31.7 Å². The van der Waals surface area contributed by atoms with Gasteiger partial charge in [0.2, 0.25) is 5.91 Å². The number of rotatable bonds is 4. The lowest BCUT2D eigenvalue weighted by molar-refractivity contribution is -0.132. The fourth-order valence-electron chi connectivity index (χ4n) is 2.76. The van der Waals surface area contributed by atoms with Crippen LogP contribution in [0.2, 0.25) is 0 Å². The van der Waals surface area contributed by atoms with Crippen molar-refractivity contribution in [2.24, 2.45) is 0 Å². The van der Waals surface area contributed by atoms with Crippen LogP contribution in [0.4, 0.5) is 0 Å². The van der Waals surface area contributed by atoms with Crippen LogP contribution in [-0.2, 0) is 4.79 Å². The third-order valence-corrected chi connectivity index (χ3v) is 4.35. The minimum atomic E-state index is -0.472. The number of amides is 1. The van der Waals surface area contributed by atoms with E-state index < -0.39 is 5.54 Å². The van der Waals surface area contributed by atoms with Gasteiger partial charge in [-0.2, -0.15) is 0 Å². The number of hydrogen-bond donors (Lipinski definition) is 2. The number of benzene rings is 1. The van der Waals surface area contributed by atoms with Crippen molar-refractivity contribution in [1.29, 1.82) is 0 Å². The van der Waals surface area contributed by atoms with Crippen molar-refractivity contribution in [3.05, 3.63) is 35.4 Å². The largest absolute Gasteiger partial charge is 0.348 e. The average Bonchev–Trinajstić information content (AvgIpc) is 2.48. The topological polar surface area (TPSA) is 44.4 Å². The van der Waals surface area contributed by atoms with Crippen molar-refractivity contribution >= 4 is 5.91 Å². The molecular formula is C17H27N3O. The third kappa shape index (κ3) is 3.83. The summed E-state index contributed by atoms with van der Waals surface area (Å²) in [5.41, 5.74) is 1.90. The monoisotopic (exact) mass is 289 g/mol. The smallest absolute Gasteiger partial charge is 0.240 e. The van der Waals surface area contributed by atoms with E-state index in [1.54, 1.807) is 0 Å². The molecule has 0 saturated carbocycles. The van der Waals surface area contributed by atoms with Gasteiger partial charge in [-0.3, -0.25) is 9.69 Å². The quantitative estimate of drug-likeness (QED) is 0.889. The lowest BCUT2D eigenvalue weighted by Crippen LogP contribution is -2.60. The molecule has 1 aromatic carbocycles. The zero-order chi connectivity index (χ0) is 15.5. The van der Waals surface area contributed by atoms with E-state index >= 15 is 0 Å². The van der Waals surface area contributed by atoms with E-state index in [1.807, 2.05) is 26.8 Å². The van der Waals surface area contributed by atoms with Gasteiger partial charge in [-0.25, -0.2) is 0 Å². The lowest BCUT2D eigenvalue weighted by Gasteiger charge is -2.40. The van der Waals surface area contributed by atoms with E-state index in [4.69, 9.17) is 0 Å². The molecule has 1 aliphatic rings. The lowest BCUT2D eigenvalue weighted by atomic mass is 9.98. The molecule has 0 unspecified atom stereocenters. The van der Waals surface area contributed by atoms with Crippen LogP contribution < -0.4 is 10.6 Å². The number of carbonyl (C=O) groups excluding carboxylic acids is 1. The molecule has 21 heavy (non-hydrogen) atoms. The summed E-state index contributed by atoms with van der Waals surface area (Å²) < 4.78 is 0. The molecule has 116 valence electrons. The molecule has 1 fully saturated rings. The van der Waals surface area contributed by atoms with Crippen LogP contribution in [-0.4, -0.2) is 42.5 Å². The standard InChI is InChI=1S/C17H27N3O/c1-13-6-5-7-15(12-13)14(2)19-16(21)17(3,4)20-10-8-18-9-11-20/h5-7,12,14,18H,8-11H2,1-4H3,(H,19,21)/t14-/m1/s1. The van der Waals surface area contributed by atoms with Crippen LogP contribution in [0.5, 0.6) is 0 Å². The molecule has 4 heteroatoms. The van der Waals surface area contributed by atoms with Crippen LogP contribution in [0.3, 0.4) is 0 Å². The Labute approximate surface area is 127 Å². The predicted molar refractivity (Wildman–Crippen MR) is 86.3 cm³/mol. The first-order valence-corrected chi connectivity index (χ1v) is 7.74. The summed E-state index contributed by atoms with van der Waals surface area (Å²) in [4.78, 5) is 14.9. The fraction of sp³-hybridized carbons (Fsp3) is 0.588. The third-order valence-electron chi connectivity index (χ3n) is 4.35. The second kappa shape index (κ2) is 6.58. The van der Waals surface area contributed by atoms with E-state index in [1.165, 1.54) is 5.56 Å². The Morgan fingerprint density at radius 1 is 1.33 bits per heavy atom. The average molecular weight is 289 g/mol. The number of nitrogens with zero attached hydrogens (tertiary/aromatic N) is 1.